The Balaban J connectivity index is 1.80. The monoisotopic (exact) mass is 328 g/mol. The van der Waals surface area contributed by atoms with Gasteiger partial charge in [-0.3, -0.25) is 0 Å². The summed E-state index contributed by atoms with van der Waals surface area (Å²) >= 11 is 0. The van der Waals surface area contributed by atoms with Gasteiger partial charge in [-0.2, -0.15) is 0 Å². The number of aryl methyl sites for hydroxylation is 1. The largest absolute Gasteiger partial charge is 0.497 e. The van der Waals surface area contributed by atoms with Gasteiger partial charge in [0.1, 0.15) is 5.75 Å². The van der Waals surface area contributed by atoms with Crippen LogP contribution in [0.4, 0.5) is 4.79 Å². The molecule has 0 radical (unpaired) electrons. The van der Waals surface area contributed by atoms with Crippen molar-refractivity contribution < 1.29 is 9.53 Å². The number of fused-ring (bicyclic) bond motifs is 1. The van der Waals surface area contributed by atoms with Crippen LogP contribution in [0, 0.1) is 0 Å². The van der Waals surface area contributed by atoms with Crippen molar-refractivity contribution in [2.75, 3.05) is 20.2 Å². The number of hydrogen-bond donors (Lipinski definition) is 2. The summed E-state index contributed by atoms with van der Waals surface area (Å²) < 4.78 is 5.32. The Hall–Kier alpha value is -2.23. The molecular weight excluding hydrogens is 300 g/mol. The third kappa shape index (κ3) is 5.44. The Morgan fingerprint density at radius 1 is 1.04 bits per heavy atom. The van der Waals surface area contributed by atoms with E-state index < -0.39 is 0 Å². The predicted octanol–water partition coefficient (Wildman–Crippen LogP) is 4.27. The standard InChI is InChI=1S/C20H28N2O2/c1-3-4-5-13-21-20(23)22-14-7-10-16-8-6-9-17-11-12-18(24-2)15-19(16)17/h6,8-9,11-12,15H,3-5,7,10,13-14H2,1-2H3,(H2,21,22,23). The van der Waals surface area contributed by atoms with Crippen LogP contribution in [0.1, 0.15) is 38.2 Å². The van der Waals surface area contributed by atoms with Crippen molar-refractivity contribution >= 4 is 16.8 Å². The summed E-state index contributed by atoms with van der Waals surface area (Å²) in [6, 6.07) is 12.4. The van der Waals surface area contributed by atoms with Crippen LogP contribution < -0.4 is 15.4 Å². The normalized spacial score (nSPS) is 10.6. The summed E-state index contributed by atoms with van der Waals surface area (Å²) in [4.78, 5) is 11.7. The van der Waals surface area contributed by atoms with Gasteiger partial charge >= 0.3 is 6.03 Å². The molecule has 0 saturated carbocycles. The lowest BCUT2D eigenvalue weighted by Gasteiger charge is -2.10. The lowest BCUT2D eigenvalue weighted by Crippen LogP contribution is -2.36. The summed E-state index contributed by atoms with van der Waals surface area (Å²) in [6.45, 7) is 3.59. The van der Waals surface area contributed by atoms with Crippen LogP contribution in [0.3, 0.4) is 0 Å². The maximum atomic E-state index is 11.7. The van der Waals surface area contributed by atoms with Gasteiger partial charge in [-0.1, -0.05) is 44.0 Å². The second-order valence-electron chi connectivity index (χ2n) is 6.00. The summed E-state index contributed by atoms with van der Waals surface area (Å²) in [5, 5.41) is 8.26. The van der Waals surface area contributed by atoms with Crippen molar-refractivity contribution in [3.8, 4) is 5.75 Å². The highest BCUT2D eigenvalue weighted by Gasteiger charge is 2.04. The number of ether oxygens (including phenoxy) is 1. The molecule has 2 rings (SSSR count). The van der Waals surface area contributed by atoms with Crippen LogP contribution >= 0.6 is 0 Å². The van der Waals surface area contributed by atoms with Crippen molar-refractivity contribution in [3.05, 3.63) is 42.0 Å². The molecule has 4 heteroatoms. The van der Waals surface area contributed by atoms with Crippen LogP contribution in [0.15, 0.2) is 36.4 Å². The molecule has 2 N–H and O–H groups in total. The van der Waals surface area contributed by atoms with Crippen molar-refractivity contribution in [1.82, 2.24) is 10.6 Å². The van der Waals surface area contributed by atoms with E-state index in [0.717, 1.165) is 38.0 Å². The summed E-state index contributed by atoms with van der Waals surface area (Å²) in [5.41, 5.74) is 1.29. The molecule has 0 aliphatic heterocycles. The van der Waals surface area contributed by atoms with Crippen LogP contribution in [-0.2, 0) is 6.42 Å². The van der Waals surface area contributed by atoms with Crippen LogP contribution in [0.5, 0.6) is 5.75 Å². The first-order valence-corrected chi connectivity index (χ1v) is 8.82. The Labute approximate surface area is 144 Å². The highest BCUT2D eigenvalue weighted by Crippen LogP contribution is 2.24. The maximum absolute atomic E-state index is 11.7. The zero-order valence-corrected chi connectivity index (χ0v) is 14.7. The molecule has 2 amide bonds. The van der Waals surface area contributed by atoms with Gasteiger partial charge in [0, 0.05) is 13.1 Å². The fourth-order valence-corrected chi connectivity index (χ4v) is 2.78. The lowest BCUT2D eigenvalue weighted by atomic mass is 10.0. The zero-order valence-electron chi connectivity index (χ0n) is 14.7. The average molecular weight is 328 g/mol. The number of amides is 2. The Bertz CT molecular complexity index is 655. The third-order valence-electron chi connectivity index (χ3n) is 4.15. The molecule has 4 nitrogen and oxygen atoms in total. The zero-order chi connectivity index (χ0) is 17.2. The fourth-order valence-electron chi connectivity index (χ4n) is 2.78. The van der Waals surface area contributed by atoms with Gasteiger partial charge in [0.25, 0.3) is 0 Å². The Kier molecular flexibility index (Phi) is 7.40. The van der Waals surface area contributed by atoms with Crippen molar-refractivity contribution in [2.24, 2.45) is 0 Å². The lowest BCUT2D eigenvalue weighted by molar-refractivity contribution is 0.240. The minimum absolute atomic E-state index is 0.0642. The quantitative estimate of drug-likeness (QED) is 0.675. The molecule has 0 fully saturated rings. The van der Waals surface area contributed by atoms with E-state index in [9.17, 15) is 4.79 Å². The molecule has 0 bridgehead atoms. The first kappa shape index (κ1) is 18.1. The Morgan fingerprint density at radius 2 is 1.83 bits per heavy atom. The summed E-state index contributed by atoms with van der Waals surface area (Å²) in [5.74, 6) is 0.875. The first-order valence-electron chi connectivity index (χ1n) is 8.82. The number of carbonyl (C=O) groups is 1. The van der Waals surface area contributed by atoms with Gasteiger partial charge in [0.2, 0.25) is 0 Å². The summed E-state index contributed by atoms with van der Waals surface area (Å²) in [6.07, 6.45) is 5.21. The van der Waals surface area contributed by atoms with Crippen molar-refractivity contribution in [2.45, 2.75) is 39.0 Å². The van der Waals surface area contributed by atoms with Gasteiger partial charge in [0.15, 0.2) is 0 Å². The summed E-state index contributed by atoms with van der Waals surface area (Å²) in [7, 11) is 1.69. The first-order chi connectivity index (χ1) is 11.7. The molecule has 0 spiro atoms. The van der Waals surface area contributed by atoms with E-state index in [1.165, 1.54) is 22.8 Å². The number of hydrogen-bond acceptors (Lipinski definition) is 2. The minimum atomic E-state index is -0.0642. The highest BCUT2D eigenvalue weighted by atomic mass is 16.5. The molecular formula is C20H28N2O2. The topological polar surface area (TPSA) is 50.4 Å². The SMILES string of the molecule is CCCCCNC(=O)NCCCc1cccc2ccc(OC)cc12. The number of nitrogens with one attached hydrogen (secondary N) is 2. The van der Waals surface area contributed by atoms with Crippen LogP contribution in [0.2, 0.25) is 0 Å². The molecule has 2 aromatic rings. The number of methoxy groups -OCH3 is 1. The highest BCUT2D eigenvalue weighted by molar-refractivity contribution is 5.87. The molecule has 2 aromatic carbocycles. The molecule has 0 aliphatic rings. The number of benzene rings is 2. The predicted molar refractivity (Wildman–Crippen MR) is 99.7 cm³/mol. The van der Waals surface area contributed by atoms with E-state index in [0.29, 0.717) is 6.54 Å². The Morgan fingerprint density at radius 3 is 2.58 bits per heavy atom. The van der Waals surface area contributed by atoms with Crippen LogP contribution in [-0.4, -0.2) is 26.2 Å². The molecule has 130 valence electrons. The van der Waals surface area contributed by atoms with E-state index >= 15 is 0 Å². The third-order valence-corrected chi connectivity index (χ3v) is 4.15. The second-order valence-corrected chi connectivity index (χ2v) is 6.00. The fraction of sp³-hybridized carbons (Fsp3) is 0.450. The van der Waals surface area contributed by atoms with Gasteiger partial charge in [-0.05, 0) is 47.7 Å². The second kappa shape index (κ2) is 9.81. The van der Waals surface area contributed by atoms with E-state index in [2.05, 4.69) is 47.9 Å². The van der Waals surface area contributed by atoms with Crippen molar-refractivity contribution in [1.29, 1.82) is 0 Å². The molecule has 0 aliphatic carbocycles. The maximum Gasteiger partial charge on any atom is 0.314 e. The average Bonchev–Trinajstić information content (AvgIpc) is 2.62. The number of urea groups is 1. The van der Waals surface area contributed by atoms with Gasteiger partial charge < -0.3 is 15.4 Å². The van der Waals surface area contributed by atoms with E-state index in [1.807, 2.05) is 6.07 Å². The molecule has 0 unspecified atom stereocenters. The smallest absolute Gasteiger partial charge is 0.314 e. The van der Waals surface area contributed by atoms with Crippen LogP contribution in [0.25, 0.3) is 10.8 Å². The minimum Gasteiger partial charge on any atom is -0.497 e. The van der Waals surface area contributed by atoms with E-state index in [1.54, 1.807) is 7.11 Å². The number of rotatable bonds is 9. The van der Waals surface area contributed by atoms with E-state index in [4.69, 9.17) is 4.74 Å². The molecule has 0 saturated heterocycles. The molecule has 0 heterocycles. The number of carbonyl (C=O) groups excluding carboxylic acids is 1. The van der Waals surface area contributed by atoms with Gasteiger partial charge in [-0.15, -0.1) is 0 Å². The molecule has 0 aromatic heterocycles. The van der Waals surface area contributed by atoms with Crippen molar-refractivity contribution in [3.63, 3.8) is 0 Å². The van der Waals surface area contributed by atoms with Gasteiger partial charge in [0.05, 0.1) is 7.11 Å². The van der Waals surface area contributed by atoms with Gasteiger partial charge in [-0.25, -0.2) is 4.79 Å². The molecule has 24 heavy (non-hydrogen) atoms. The number of unbranched alkanes of at least 4 members (excludes halogenated alkanes) is 2. The molecule has 0 atom stereocenters. The van der Waals surface area contributed by atoms with E-state index in [-0.39, 0.29) is 6.03 Å².